The minimum Gasteiger partial charge on any atom is -0.477 e. The molecule has 26 heavy (non-hydrogen) atoms. The zero-order chi connectivity index (χ0) is 19.3. The van der Waals surface area contributed by atoms with Crippen LogP contribution in [0, 0.1) is 21.7 Å². The lowest BCUT2D eigenvalue weighted by Crippen LogP contribution is -2.21. The van der Waals surface area contributed by atoms with E-state index in [2.05, 4.69) is 10.1 Å². The molecule has 0 fully saturated rings. The molecular formula is C16H12F2N2O6. The molecular weight excluding hydrogens is 354 g/mol. The lowest BCUT2D eigenvalue weighted by Gasteiger charge is -2.09. The number of anilines is 1. The number of nitro groups is 1. The second kappa shape index (κ2) is 8.01. The predicted octanol–water partition coefficient (Wildman–Crippen LogP) is 2.68. The minimum absolute atomic E-state index is 0.0715. The van der Waals surface area contributed by atoms with Crippen molar-refractivity contribution in [2.75, 3.05) is 19.0 Å². The summed E-state index contributed by atoms with van der Waals surface area (Å²) in [6.45, 7) is -0.700. The number of ether oxygens (including phenoxy) is 2. The van der Waals surface area contributed by atoms with E-state index in [1.54, 1.807) is 0 Å². The standard InChI is InChI=1S/C16H12F2N2O6/c1-25-16(22)9-2-5-14(13(6-9)20(23)24)26-8-15(21)19-12-7-10(17)3-4-11(12)18/h2-7H,8H2,1H3,(H,19,21). The van der Waals surface area contributed by atoms with Gasteiger partial charge < -0.3 is 14.8 Å². The molecule has 0 radical (unpaired) electrons. The first-order chi connectivity index (χ1) is 12.3. The maximum Gasteiger partial charge on any atom is 0.338 e. The van der Waals surface area contributed by atoms with Crippen molar-refractivity contribution in [2.24, 2.45) is 0 Å². The van der Waals surface area contributed by atoms with Gasteiger partial charge in [0.25, 0.3) is 5.91 Å². The zero-order valence-corrected chi connectivity index (χ0v) is 13.3. The fourth-order valence-electron chi connectivity index (χ4n) is 1.95. The first kappa shape index (κ1) is 18.8. The third kappa shape index (κ3) is 4.50. The first-order valence-electron chi connectivity index (χ1n) is 7.06. The van der Waals surface area contributed by atoms with Gasteiger partial charge in [-0.15, -0.1) is 0 Å². The molecule has 0 aliphatic carbocycles. The Kier molecular flexibility index (Phi) is 5.78. The van der Waals surface area contributed by atoms with Gasteiger partial charge in [-0.25, -0.2) is 13.6 Å². The number of methoxy groups -OCH3 is 1. The molecule has 1 N–H and O–H groups in total. The van der Waals surface area contributed by atoms with Crippen molar-refractivity contribution >= 4 is 23.3 Å². The fourth-order valence-corrected chi connectivity index (χ4v) is 1.95. The van der Waals surface area contributed by atoms with Gasteiger partial charge in [0.1, 0.15) is 11.6 Å². The Balaban J connectivity index is 2.10. The van der Waals surface area contributed by atoms with Crippen LogP contribution in [0.1, 0.15) is 10.4 Å². The quantitative estimate of drug-likeness (QED) is 0.478. The highest BCUT2D eigenvalue weighted by Gasteiger charge is 2.20. The average Bonchev–Trinajstić information content (AvgIpc) is 2.62. The lowest BCUT2D eigenvalue weighted by molar-refractivity contribution is -0.385. The van der Waals surface area contributed by atoms with E-state index in [4.69, 9.17) is 4.74 Å². The van der Waals surface area contributed by atoms with Gasteiger partial charge in [-0.2, -0.15) is 0 Å². The summed E-state index contributed by atoms with van der Waals surface area (Å²) in [6.07, 6.45) is 0. The average molecular weight is 366 g/mol. The number of amides is 1. The molecule has 0 unspecified atom stereocenters. The summed E-state index contributed by atoms with van der Waals surface area (Å²) >= 11 is 0. The summed E-state index contributed by atoms with van der Waals surface area (Å²) in [5.74, 6) is -3.53. The molecule has 8 nitrogen and oxygen atoms in total. The molecule has 0 atom stereocenters. The van der Waals surface area contributed by atoms with Gasteiger partial charge in [0.2, 0.25) is 0 Å². The van der Waals surface area contributed by atoms with Crippen LogP contribution < -0.4 is 10.1 Å². The van der Waals surface area contributed by atoms with E-state index in [1.165, 1.54) is 6.07 Å². The summed E-state index contributed by atoms with van der Waals surface area (Å²) in [5, 5.41) is 13.2. The van der Waals surface area contributed by atoms with E-state index in [0.717, 1.165) is 37.4 Å². The number of carbonyl (C=O) groups excluding carboxylic acids is 2. The number of nitrogens with one attached hydrogen (secondary N) is 1. The second-order valence-corrected chi connectivity index (χ2v) is 4.89. The Morgan fingerprint density at radius 2 is 1.92 bits per heavy atom. The third-order valence-corrected chi connectivity index (χ3v) is 3.14. The largest absolute Gasteiger partial charge is 0.477 e. The molecule has 136 valence electrons. The number of esters is 1. The highest BCUT2D eigenvalue weighted by atomic mass is 19.1. The SMILES string of the molecule is COC(=O)c1ccc(OCC(=O)Nc2cc(F)ccc2F)c([N+](=O)[O-])c1. The number of nitro benzene ring substituents is 1. The number of nitrogens with zero attached hydrogens (tertiary/aromatic N) is 1. The Labute approximate surface area is 145 Å². The Hall–Kier alpha value is -3.56. The molecule has 0 aliphatic rings. The molecule has 0 aromatic heterocycles. The molecule has 1 amide bonds. The van der Waals surface area contributed by atoms with E-state index >= 15 is 0 Å². The smallest absolute Gasteiger partial charge is 0.338 e. The van der Waals surface area contributed by atoms with Gasteiger partial charge in [0.15, 0.2) is 12.4 Å². The molecule has 0 spiro atoms. The predicted molar refractivity (Wildman–Crippen MR) is 84.9 cm³/mol. The number of hydrogen-bond donors (Lipinski definition) is 1. The van der Waals surface area contributed by atoms with E-state index in [9.17, 15) is 28.5 Å². The van der Waals surface area contributed by atoms with Crippen molar-refractivity contribution in [2.45, 2.75) is 0 Å². The van der Waals surface area contributed by atoms with Crippen molar-refractivity contribution in [3.8, 4) is 5.75 Å². The van der Waals surface area contributed by atoms with Crippen LogP contribution in [-0.2, 0) is 9.53 Å². The van der Waals surface area contributed by atoms with Gasteiger partial charge in [0.05, 0.1) is 23.3 Å². The number of benzene rings is 2. The molecule has 0 bridgehead atoms. The van der Waals surface area contributed by atoms with E-state index < -0.39 is 46.4 Å². The van der Waals surface area contributed by atoms with Crippen molar-refractivity contribution in [3.63, 3.8) is 0 Å². The van der Waals surface area contributed by atoms with Crippen LogP contribution in [0.2, 0.25) is 0 Å². The normalized spacial score (nSPS) is 10.1. The first-order valence-corrected chi connectivity index (χ1v) is 7.06. The summed E-state index contributed by atoms with van der Waals surface area (Å²) in [5.41, 5.74) is -1.02. The molecule has 0 saturated carbocycles. The lowest BCUT2D eigenvalue weighted by atomic mass is 10.2. The van der Waals surface area contributed by atoms with Crippen molar-refractivity contribution in [1.82, 2.24) is 0 Å². The highest BCUT2D eigenvalue weighted by molar-refractivity contribution is 5.92. The molecule has 0 heterocycles. The van der Waals surface area contributed by atoms with Crippen molar-refractivity contribution < 1.29 is 32.8 Å². The van der Waals surface area contributed by atoms with Crippen LogP contribution in [0.3, 0.4) is 0 Å². The molecule has 0 aliphatic heterocycles. The van der Waals surface area contributed by atoms with Gasteiger partial charge >= 0.3 is 11.7 Å². The van der Waals surface area contributed by atoms with Gasteiger partial charge in [-0.1, -0.05) is 0 Å². The Morgan fingerprint density at radius 3 is 2.58 bits per heavy atom. The van der Waals surface area contributed by atoms with Crippen LogP contribution in [0.25, 0.3) is 0 Å². The molecule has 2 aromatic rings. The second-order valence-electron chi connectivity index (χ2n) is 4.89. The maximum atomic E-state index is 13.5. The summed E-state index contributed by atoms with van der Waals surface area (Å²) in [4.78, 5) is 33.5. The van der Waals surface area contributed by atoms with Crippen molar-refractivity contribution in [1.29, 1.82) is 0 Å². The van der Waals surface area contributed by atoms with Gasteiger partial charge in [-0.05, 0) is 24.3 Å². The Bertz CT molecular complexity index is 872. The summed E-state index contributed by atoms with van der Waals surface area (Å²) in [7, 11) is 1.12. The zero-order valence-electron chi connectivity index (χ0n) is 13.3. The van der Waals surface area contributed by atoms with Crippen LogP contribution in [0.5, 0.6) is 5.75 Å². The highest BCUT2D eigenvalue weighted by Crippen LogP contribution is 2.28. The molecule has 2 aromatic carbocycles. The number of rotatable bonds is 6. The van der Waals surface area contributed by atoms with E-state index in [-0.39, 0.29) is 11.3 Å². The fraction of sp³-hybridized carbons (Fsp3) is 0.125. The van der Waals surface area contributed by atoms with Gasteiger partial charge in [0, 0.05) is 12.1 Å². The van der Waals surface area contributed by atoms with Crippen LogP contribution >= 0.6 is 0 Å². The van der Waals surface area contributed by atoms with Crippen LogP contribution in [0.15, 0.2) is 36.4 Å². The number of carbonyl (C=O) groups is 2. The van der Waals surface area contributed by atoms with Gasteiger partial charge in [-0.3, -0.25) is 14.9 Å². The number of hydrogen-bond acceptors (Lipinski definition) is 6. The Morgan fingerprint density at radius 1 is 1.19 bits per heavy atom. The van der Waals surface area contributed by atoms with E-state index in [0.29, 0.717) is 0 Å². The van der Waals surface area contributed by atoms with Crippen molar-refractivity contribution in [3.05, 3.63) is 63.7 Å². The molecule has 2 rings (SSSR count). The number of halogens is 2. The summed E-state index contributed by atoms with van der Waals surface area (Å²) in [6, 6.07) is 5.78. The van der Waals surface area contributed by atoms with E-state index in [1.807, 2.05) is 0 Å². The topological polar surface area (TPSA) is 108 Å². The summed E-state index contributed by atoms with van der Waals surface area (Å²) < 4.78 is 36.0. The monoisotopic (exact) mass is 366 g/mol. The maximum absolute atomic E-state index is 13.5. The minimum atomic E-state index is -0.860. The van der Waals surface area contributed by atoms with Crippen LogP contribution in [0.4, 0.5) is 20.2 Å². The third-order valence-electron chi connectivity index (χ3n) is 3.14. The molecule has 10 heteroatoms. The molecule has 0 saturated heterocycles. The van der Waals surface area contributed by atoms with Crippen LogP contribution in [-0.4, -0.2) is 30.5 Å².